The quantitative estimate of drug-likeness (QED) is 0.0835. The van der Waals surface area contributed by atoms with Gasteiger partial charge in [0.1, 0.15) is 15.4 Å². The van der Waals surface area contributed by atoms with Gasteiger partial charge in [0, 0.05) is 0 Å². The molecule has 1 unspecified atom stereocenters. The van der Waals surface area contributed by atoms with Gasteiger partial charge in [0.25, 0.3) is 0 Å². The first kappa shape index (κ1) is 35.5. The topological polar surface area (TPSA) is 83.5 Å². The summed E-state index contributed by atoms with van der Waals surface area (Å²) in [5.41, 5.74) is 0. The van der Waals surface area contributed by atoms with Gasteiger partial charge in [0.15, 0.2) is 0 Å². The van der Waals surface area contributed by atoms with E-state index in [0.717, 1.165) is 38.5 Å². The van der Waals surface area contributed by atoms with Gasteiger partial charge >= 0.3 is 35.5 Å². The molecule has 33 heavy (non-hydrogen) atoms. The minimum Gasteiger partial charge on any atom is -0.747 e. The molecule has 0 radical (unpaired) electrons. The minimum absolute atomic E-state index is 0. The van der Waals surface area contributed by atoms with Gasteiger partial charge in [-0.1, -0.05) is 136 Å². The van der Waals surface area contributed by atoms with Crippen LogP contribution in [0.4, 0.5) is 0 Å². The fourth-order valence-electron chi connectivity index (χ4n) is 4.05. The summed E-state index contributed by atoms with van der Waals surface area (Å²) < 4.78 is 39.6. The van der Waals surface area contributed by atoms with Crippen molar-refractivity contribution in [1.29, 1.82) is 0 Å². The summed E-state index contributed by atoms with van der Waals surface area (Å²) in [6.45, 7) is 4.63. The second-order valence-corrected chi connectivity index (χ2v) is 10.9. The van der Waals surface area contributed by atoms with E-state index < -0.39 is 21.3 Å². The monoisotopic (exact) mass is 498 g/mol. The summed E-state index contributed by atoms with van der Waals surface area (Å²) in [7, 11) is -4.66. The summed E-state index contributed by atoms with van der Waals surface area (Å²) in [6, 6.07) is 0. The van der Waals surface area contributed by atoms with Gasteiger partial charge in [-0.25, -0.2) is 8.42 Å². The molecule has 0 N–H and O–H groups in total. The first-order chi connectivity index (χ1) is 15.4. The van der Waals surface area contributed by atoms with Gasteiger partial charge in [0.05, 0.1) is 6.61 Å². The molecule has 0 rings (SSSR count). The van der Waals surface area contributed by atoms with Gasteiger partial charge in [0.2, 0.25) is 0 Å². The molecule has 0 spiro atoms. The largest absolute Gasteiger partial charge is 1.00 e. The fourth-order valence-corrected chi connectivity index (χ4v) is 4.81. The van der Waals surface area contributed by atoms with E-state index in [2.05, 4.69) is 13.8 Å². The number of rotatable bonds is 24. The van der Waals surface area contributed by atoms with Crippen LogP contribution in [0.15, 0.2) is 0 Å². The van der Waals surface area contributed by atoms with E-state index in [9.17, 15) is 17.8 Å². The van der Waals surface area contributed by atoms with Crippen LogP contribution >= 0.6 is 0 Å². The Morgan fingerprint density at radius 2 is 0.970 bits per heavy atom. The molecular formula is C26H51NaO5S. The molecule has 0 aromatic heterocycles. The summed E-state index contributed by atoms with van der Waals surface area (Å²) in [6.07, 6.45) is 23.1. The Labute approximate surface area is 227 Å². The van der Waals surface area contributed by atoms with Crippen molar-refractivity contribution in [1.82, 2.24) is 0 Å². The van der Waals surface area contributed by atoms with Crippen LogP contribution in [0.2, 0.25) is 0 Å². The second kappa shape index (κ2) is 25.5. The standard InChI is InChI=1S/C26H52O5S.Na/c1-3-5-7-9-11-13-14-15-16-17-19-21-23-25(32(28,29)30)26(27)31-24-22-20-18-12-10-8-6-4-2;/h25H,3-24H2,1-2H3,(H,28,29,30);/q;+1/p-1. The number of carbonyl (C=O) groups excluding carboxylic acids is 1. The Morgan fingerprint density at radius 3 is 1.33 bits per heavy atom. The molecule has 0 amide bonds. The molecule has 0 aromatic carbocycles. The molecule has 1 atom stereocenters. The maximum absolute atomic E-state index is 12.1. The first-order valence-electron chi connectivity index (χ1n) is 13.5. The number of carbonyl (C=O) groups is 1. The van der Waals surface area contributed by atoms with Crippen LogP contribution in [0.1, 0.15) is 149 Å². The zero-order valence-corrected chi connectivity index (χ0v) is 24.9. The molecular weight excluding hydrogens is 447 g/mol. The number of hydrogen-bond acceptors (Lipinski definition) is 5. The predicted octanol–water partition coefficient (Wildman–Crippen LogP) is 4.68. The van der Waals surface area contributed by atoms with Gasteiger partial charge in [-0.05, 0) is 12.8 Å². The molecule has 0 aromatic rings. The van der Waals surface area contributed by atoms with Gasteiger partial charge < -0.3 is 9.29 Å². The molecule has 7 heteroatoms. The summed E-state index contributed by atoms with van der Waals surface area (Å²) in [5, 5.41) is -1.54. The Balaban J connectivity index is 0. The average Bonchev–Trinajstić information content (AvgIpc) is 2.74. The van der Waals surface area contributed by atoms with Crippen LogP contribution in [-0.2, 0) is 19.6 Å². The normalized spacial score (nSPS) is 12.3. The van der Waals surface area contributed by atoms with Crippen molar-refractivity contribution in [2.24, 2.45) is 0 Å². The third-order valence-electron chi connectivity index (χ3n) is 6.17. The number of ether oxygens (including phenoxy) is 1. The molecule has 192 valence electrons. The molecule has 0 aliphatic carbocycles. The Kier molecular flexibility index (Phi) is 27.4. The van der Waals surface area contributed by atoms with Crippen LogP contribution in [-0.4, -0.2) is 30.8 Å². The van der Waals surface area contributed by atoms with Gasteiger partial charge in [-0.2, -0.15) is 0 Å². The second-order valence-electron chi connectivity index (χ2n) is 9.30. The van der Waals surface area contributed by atoms with Gasteiger partial charge in [-0.15, -0.1) is 0 Å². The van der Waals surface area contributed by atoms with Crippen molar-refractivity contribution >= 4 is 16.1 Å². The van der Waals surface area contributed by atoms with Crippen molar-refractivity contribution in [3.63, 3.8) is 0 Å². The van der Waals surface area contributed by atoms with Crippen LogP contribution in [0.5, 0.6) is 0 Å². The van der Waals surface area contributed by atoms with Crippen molar-refractivity contribution < 1.29 is 52.1 Å². The number of hydrogen-bond donors (Lipinski definition) is 0. The third kappa shape index (κ3) is 23.9. The maximum atomic E-state index is 12.1. The maximum Gasteiger partial charge on any atom is 1.00 e. The summed E-state index contributed by atoms with van der Waals surface area (Å²) >= 11 is 0. The van der Waals surface area contributed by atoms with Gasteiger partial charge in [-0.3, -0.25) is 4.79 Å². The van der Waals surface area contributed by atoms with Crippen molar-refractivity contribution in [2.75, 3.05) is 6.61 Å². The zero-order chi connectivity index (χ0) is 23.9. The van der Waals surface area contributed by atoms with Crippen LogP contribution in [0.25, 0.3) is 0 Å². The molecule has 0 saturated heterocycles. The Morgan fingerprint density at radius 1 is 0.636 bits per heavy atom. The SMILES string of the molecule is CCCCCCCCCCCCCCC(C(=O)OCCCCCCCCCC)S(=O)(=O)[O-].[Na+]. The molecule has 0 fully saturated rings. The minimum atomic E-state index is -4.66. The zero-order valence-electron chi connectivity index (χ0n) is 22.1. The first-order valence-corrected chi connectivity index (χ1v) is 15.0. The average molecular weight is 499 g/mol. The van der Waals surface area contributed by atoms with Crippen molar-refractivity contribution in [2.45, 2.75) is 154 Å². The molecule has 0 bridgehead atoms. The molecule has 0 aliphatic heterocycles. The molecule has 5 nitrogen and oxygen atoms in total. The van der Waals surface area contributed by atoms with Crippen LogP contribution in [0.3, 0.4) is 0 Å². The van der Waals surface area contributed by atoms with E-state index in [0.29, 0.717) is 6.42 Å². The number of unbranched alkanes of at least 4 members (excludes halogenated alkanes) is 18. The van der Waals surface area contributed by atoms with Crippen molar-refractivity contribution in [3.8, 4) is 0 Å². The van der Waals surface area contributed by atoms with E-state index in [-0.39, 0.29) is 42.6 Å². The predicted molar refractivity (Wildman–Crippen MR) is 133 cm³/mol. The van der Waals surface area contributed by atoms with Crippen LogP contribution < -0.4 is 29.6 Å². The van der Waals surface area contributed by atoms with E-state index in [1.165, 1.54) is 83.5 Å². The van der Waals surface area contributed by atoms with E-state index in [4.69, 9.17) is 4.74 Å². The number of esters is 1. The summed E-state index contributed by atoms with van der Waals surface area (Å²) in [5.74, 6) is -0.856. The molecule has 0 saturated carbocycles. The molecule has 0 heterocycles. The summed E-state index contributed by atoms with van der Waals surface area (Å²) in [4.78, 5) is 12.1. The Bertz CT molecular complexity index is 525. The molecule has 0 aliphatic rings. The van der Waals surface area contributed by atoms with E-state index in [1.54, 1.807) is 0 Å². The van der Waals surface area contributed by atoms with Crippen LogP contribution in [0, 0.1) is 0 Å². The third-order valence-corrected chi connectivity index (χ3v) is 7.30. The van der Waals surface area contributed by atoms with Crippen molar-refractivity contribution in [3.05, 3.63) is 0 Å². The smallest absolute Gasteiger partial charge is 0.747 e. The fraction of sp³-hybridized carbons (Fsp3) is 0.962. The Hall–Kier alpha value is 0.380. The van der Waals surface area contributed by atoms with E-state index >= 15 is 0 Å². The van der Waals surface area contributed by atoms with E-state index in [1.807, 2.05) is 0 Å².